The van der Waals surface area contributed by atoms with Crippen LogP contribution in [0.5, 0.6) is 0 Å². The van der Waals surface area contributed by atoms with E-state index < -0.39 is 0 Å². The van der Waals surface area contributed by atoms with Gasteiger partial charge >= 0.3 is 0 Å². The molecule has 1 fully saturated rings. The van der Waals surface area contributed by atoms with Crippen LogP contribution >= 0.6 is 0 Å². The molecule has 0 aliphatic carbocycles. The highest BCUT2D eigenvalue weighted by Crippen LogP contribution is 2.16. The Labute approximate surface area is 138 Å². The second-order valence-electron chi connectivity index (χ2n) is 7.44. The van der Waals surface area contributed by atoms with Gasteiger partial charge in [-0.25, -0.2) is 0 Å². The van der Waals surface area contributed by atoms with Crippen LogP contribution in [-0.2, 0) is 0 Å². The maximum atomic E-state index is 2.69. The molecule has 2 heterocycles. The van der Waals surface area contributed by atoms with Crippen LogP contribution in [0.15, 0.2) is 23.9 Å². The molecule has 2 heteroatoms. The summed E-state index contributed by atoms with van der Waals surface area (Å²) in [6, 6.07) is 0. The van der Waals surface area contributed by atoms with Crippen molar-refractivity contribution in [3.63, 3.8) is 0 Å². The fraction of sp³-hybridized carbons (Fsp3) is 0.800. The van der Waals surface area contributed by atoms with Gasteiger partial charge in [0.25, 0.3) is 0 Å². The Morgan fingerprint density at radius 2 is 1.77 bits per heavy atom. The van der Waals surface area contributed by atoms with E-state index in [4.69, 9.17) is 0 Å². The molecule has 0 spiro atoms. The number of hydrogen-bond donors (Lipinski definition) is 0. The van der Waals surface area contributed by atoms with E-state index >= 15 is 0 Å². The van der Waals surface area contributed by atoms with Crippen molar-refractivity contribution in [2.24, 2.45) is 5.92 Å². The van der Waals surface area contributed by atoms with Gasteiger partial charge in [-0.3, -0.25) is 0 Å². The van der Waals surface area contributed by atoms with E-state index in [0.29, 0.717) is 0 Å². The molecule has 0 aromatic heterocycles. The molecule has 126 valence electrons. The molecular weight excluding hydrogens is 268 g/mol. The molecule has 1 unspecified atom stereocenters. The third kappa shape index (κ3) is 7.00. The number of piperidine rings is 1. The third-order valence-electron chi connectivity index (χ3n) is 5.02. The van der Waals surface area contributed by atoms with Crippen molar-refractivity contribution in [2.75, 3.05) is 32.7 Å². The molecule has 0 aromatic rings. The minimum atomic E-state index is 0.927. The van der Waals surface area contributed by atoms with E-state index in [-0.39, 0.29) is 0 Å². The van der Waals surface area contributed by atoms with Gasteiger partial charge in [0, 0.05) is 25.8 Å². The Morgan fingerprint density at radius 3 is 2.50 bits per heavy atom. The van der Waals surface area contributed by atoms with Crippen LogP contribution in [0.1, 0.15) is 65.2 Å². The molecule has 1 atom stereocenters. The minimum absolute atomic E-state index is 0.927. The highest BCUT2D eigenvalue weighted by molar-refractivity contribution is 5.19. The number of allylic oxidation sites excluding steroid dienone is 2. The van der Waals surface area contributed by atoms with Gasteiger partial charge in [0.2, 0.25) is 0 Å². The van der Waals surface area contributed by atoms with Gasteiger partial charge < -0.3 is 9.80 Å². The Kier molecular flexibility index (Phi) is 8.07. The molecular formula is C20H36N2. The first-order valence-electron chi connectivity index (χ1n) is 9.55. The molecule has 0 N–H and O–H groups in total. The van der Waals surface area contributed by atoms with E-state index in [1.165, 1.54) is 83.1 Å². The number of unbranched alkanes of at least 4 members (excludes halogenated alkanes) is 5. The average Bonchev–Trinajstić information content (AvgIpc) is 2.50. The van der Waals surface area contributed by atoms with E-state index in [9.17, 15) is 0 Å². The molecule has 0 radical (unpaired) electrons. The summed E-state index contributed by atoms with van der Waals surface area (Å²) in [5, 5.41) is 0. The predicted octanol–water partition coefficient (Wildman–Crippen LogP) is 4.83. The molecule has 22 heavy (non-hydrogen) atoms. The van der Waals surface area contributed by atoms with Crippen LogP contribution in [0, 0.1) is 5.92 Å². The maximum Gasteiger partial charge on any atom is 0.0357 e. The average molecular weight is 305 g/mol. The lowest BCUT2D eigenvalue weighted by molar-refractivity contribution is 0.180. The fourth-order valence-electron chi connectivity index (χ4n) is 3.76. The Balaban J connectivity index is 1.39. The quantitative estimate of drug-likeness (QED) is 0.563. The van der Waals surface area contributed by atoms with Crippen molar-refractivity contribution >= 4 is 0 Å². The van der Waals surface area contributed by atoms with E-state index in [1.807, 2.05) is 0 Å². The highest BCUT2D eigenvalue weighted by Gasteiger charge is 2.15. The number of nitrogens with zero attached hydrogens (tertiary/aromatic N) is 2. The predicted molar refractivity (Wildman–Crippen MR) is 97.0 cm³/mol. The highest BCUT2D eigenvalue weighted by atomic mass is 15.1. The summed E-state index contributed by atoms with van der Waals surface area (Å²) < 4.78 is 0. The zero-order chi connectivity index (χ0) is 15.6. The van der Waals surface area contributed by atoms with Crippen LogP contribution < -0.4 is 0 Å². The number of rotatable bonds is 9. The third-order valence-corrected chi connectivity index (χ3v) is 5.02. The first-order valence-corrected chi connectivity index (χ1v) is 9.55. The molecule has 2 rings (SSSR count). The summed E-state index contributed by atoms with van der Waals surface area (Å²) in [6.45, 7) is 11.0. The van der Waals surface area contributed by atoms with Gasteiger partial charge in [0.15, 0.2) is 0 Å². The summed E-state index contributed by atoms with van der Waals surface area (Å²) in [4.78, 5) is 5.14. The summed E-state index contributed by atoms with van der Waals surface area (Å²) in [7, 11) is 0. The van der Waals surface area contributed by atoms with E-state index in [2.05, 4.69) is 42.0 Å². The van der Waals surface area contributed by atoms with Gasteiger partial charge in [0.1, 0.15) is 0 Å². The van der Waals surface area contributed by atoms with Gasteiger partial charge in [-0.05, 0) is 57.2 Å². The smallest absolute Gasteiger partial charge is 0.0357 e. The normalized spacial score (nSPS) is 22.9. The Bertz CT molecular complexity index is 359. The molecule has 0 amide bonds. The Morgan fingerprint density at radius 1 is 1.05 bits per heavy atom. The summed E-state index contributed by atoms with van der Waals surface area (Å²) in [5.74, 6) is 0.927. The lowest BCUT2D eigenvalue weighted by Crippen LogP contribution is -2.34. The second kappa shape index (κ2) is 10.1. The number of likely N-dealkylation sites (tertiary alicyclic amines) is 1. The van der Waals surface area contributed by atoms with Crippen molar-refractivity contribution in [3.05, 3.63) is 23.9 Å². The fourth-order valence-corrected chi connectivity index (χ4v) is 3.76. The largest absolute Gasteiger partial charge is 0.373 e. The SMILES string of the molecule is CC1=CN(CCCCCCCCN2CCCC(C)C2)CC=C1. The second-order valence-corrected chi connectivity index (χ2v) is 7.44. The number of hydrogen-bond acceptors (Lipinski definition) is 2. The van der Waals surface area contributed by atoms with Crippen LogP contribution in [0.3, 0.4) is 0 Å². The minimum Gasteiger partial charge on any atom is -0.373 e. The van der Waals surface area contributed by atoms with Crippen molar-refractivity contribution in [3.8, 4) is 0 Å². The first-order chi connectivity index (χ1) is 10.7. The van der Waals surface area contributed by atoms with Crippen LogP contribution in [0.4, 0.5) is 0 Å². The topological polar surface area (TPSA) is 6.48 Å². The molecule has 0 aromatic carbocycles. The standard InChI is InChI=1S/C20H36N2/c1-19-11-9-15-21(17-19)13-7-5-3-4-6-8-14-22-16-10-12-20(2)18-22/h9,11,17,20H,3-8,10,12-16,18H2,1-2H3. The van der Waals surface area contributed by atoms with Gasteiger partial charge in [-0.15, -0.1) is 0 Å². The molecule has 0 bridgehead atoms. The molecule has 2 aliphatic heterocycles. The van der Waals surface area contributed by atoms with Gasteiger partial charge in [0.05, 0.1) is 0 Å². The molecule has 2 aliphatic rings. The zero-order valence-electron chi connectivity index (χ0n) is 14.9. The first kappa shape index (κ1) is 17.6. The summed E-state index contributed by atoms with van der Waals surface area (Å²) in [6.07, 6.45) is 18.1. The molecule has 2 nitrogen and oxygen atoms in total. The van der Waals surface area contributed by atoms with Gasteiger partial charge in [-0.2, -0.15) is 0 Å². The van der Waals surface area contributed by atoms with Gasteiger partial charge in [-0.1, -0.05) is 44.8 Å². The van der Waals surface area contributed by atoms with Crippen molar-refractivity contribution < 1.29 is 0 Å². The maximum absolute atomic E-state index is 2.69. The monoisotopic (exact) mass is 304 g/mol. The molecule has 0 saturated carbocycles. The molecule has 1 saturated heterocycles. The van der Waals surface area contributed by atoms with E-state index in [0.717, 1.165) is 12.5 Å². The van der Waals surface area contributed by atoms with Crippen LogP contribution in [0.25, 0.3) is 0 Å². The summed E-state index contributed by atoms with van der Waals surface area (Å²) >= 11 is 0. The zero-order valence-corrected chi connectivity index (χ0v) is 14.9. The lowest BCUT2D eigenvalue weighted by atomic mass is 10.00. The van der Waals surface area contributed by atoms with E-state index in [1.54, 1.807) is 0 Å². The lowest BCUT2D eigenvalue weighted by Gasteiger charge is -2.30. The van der Waals surface area contributed by atoms with Crippen LogP contribution in [0.2, 0.25) is 0 Å². The van der Waals surface area contributed by atoms with Crippen LogP contribution in [-0.4, -0.2) is 42.5 Å². The Hall–Kier alpha value is -0.760. The van der Waals surface area contributed by atoms with Crippen molar-refractivity contribution in [2.45, 2.75) is 65.2 Å². The van der Waals surface area contributed by atoms with Crippen molar-refractivity contribution in [1.82, 2.24) is 9.80 Å². The van der Waals surface area contributed by atoms with Crippen molar-refractivity contribution in [1.29, 1.82) is 0 Å². The summed E-state index contributed by atoms with van der Waals surface area (Å²) in [5.41, 5.74) is 1.39.